The monoisotopic (exact) mass is 325 g/mol. The number of unbranched alkanes of at least 4 members (excludes halogenated alkanes) is 2. The molecule has 23 heavy (non-hydrogen) atoms. The molecule has 0 saturated carbocycles. The van der Waals surface area contributed by atoms with Gasteiger partial charge in [0.2, 0.25) is 0 Å². The highest BCUT2D eigenvalue weighted by Gasteiger charge is 2.19. The third-order valence-corrected chi connectivity index (χ3v) is 2.94. The van der Waals surface area contributed by atoms with Crippen molar-refractivity contribution in [3.63, 3.8) is 0 Å². The van der Waals surface area contributed by atoms with Crippen LogP contribution >= 0.6 is 0 Å². The second kappa shape index (κ2) is 8.41. The molecule has 0 aliphatic heterocycles. The topological polar surface area (TPSA) is 153 Å². The van der Waals surface area contributed by atoms with E-state index in [0.29, 0.717) is 19.3 Å². The van der Waals surface area contributed by atoms with Crippen LogP contribution in [-0.4, -0.2) is 33.4 Å². The van der Waals surface area contributed by atoms with E-state index in [4.69, 9.17) is 5.11 Å². The minimum atomic E-state index is -0.891. The van der Waals surface area contributed by atoms with Gasteiger partial charge >= 0.3 is 5.97 Å². The number of carbonyl (C=O) groups excluding carboxylic acids is 1. The summed E-state index contributed by atoms with van der Waals surface area (Å²) in [5.41, 5.74) is -1.24. The summed E-state index contributed by atoms with van der Waals surface area (Å²) in [4.78, 5) is 42.1. The molecular formula is C13H15N3O7. The molecular weight excluding hydrogens is 310 g/mol. The van der Waals surface area contributed by atoms with E-state index in [1.165, 1.54) is 0 Å². The standard InChI is InChI=1S/C13H15N3O7/c17-12(18)4-2-1-3-5-14-13(19)9-6-10(15(20)21)8-11(7-9)16(22)23/h6-8H,1-5H2,(H,14,19)(H,17,18). The van der Waals surface area contributed by atoms with Crippen molar-refractivity contribution in [2.24, 2.45) is 0 Å². The highest BCUT2D eigenvalue weighted by Crippen LogP contribution is 2.22. The highest BCUT2D eigenvalue weighted by molar-refractivity contribution is 5.95. The zero-order valence-electron chi connectivity index (χ0n) is 12.1. The fraction of sp³-hybridized carbons (Fsp3) is 0.385. The summed E-state index contributed by atoms with van der Waals surface area (Å²) < 4.78 is 0. The van der Waals surface area contributed by atoms with Crippen LogP contribution in [0.2, 0.25) is 0 Å². The van der Waals surface area contributed by atoms with E-state index in [1.807, 2.05) is 0 Å². The Bertz CT molecular complexity index is 598. The molecule has 0 unspecified atom stereocenters. The average molecular weight is 325 g/mol. The molecule has 1 amide bonds. The van der Waals surface area contributed by atoms with Crippen molar-refractivity contribution in [3.8, 4) is 0 Å². The molecule has 0 bridgehead atoms. The van der Waals surface area contributed by atoms with Gasteiger partial charge in [0.15, 0.2) is 0 Å². The minimum Gasteiger partial charge on any atom is -0.481 e. The van der Waals surface area contributed by atoms with E-state index in [2.05, 4.69) is 5.32 Å². The lowest BCUT2D eigenvalue weighted by molar-refractivity contribution is -0.394. The van der Waals surface area contributed by atoms with Gasteiger partial charge in [-0.05, 0) is 12.8 Å². The number of carbonyl (C=O) groups is 2. The SMILES string of the molecule is O=C(O)CCCCCNC(=O)c1cc([N+](=O)[O-])cc([N+](=O)[O-])c1. The molecule has 0 fully saturated rings. The van der Waals surface area contributed by atoms with Gasteiger partial charge < -0.3 is 10.4 Å². The number of nitrogens with one attached hydrogen (secondary N) is 1. The van der Waals surface area contributed by atoms with Gasteiger partial charge in [0.05, 0.1) is 21.5 Å². The Hall–Kier alpha value is -3.04. The zero-order chi connectivity index (χ0) is 17.4. The van der Waals surface area contributed by atoms with Crippen LogP contribution < -0.4 is 5.32 Å². The largest absolute Gasteiger partial charge is 0.481 e. The summed E-state index contributed by atoms with van der Waals surface area (Å²) in [6.45, 7) is 0.245. The van der Waals surface area contributed by atoms with Crippen LogP contribution in [0, 0.1) is 20.2 Å². The summed E-state index contributed by atoms with van der Waals surface area (Å²) in [6, 6.07) is 2.71. The maximum Gasteiger partial charge on any atom is 0.303 e. The van der Waals surface area contributed by atoms with Gasteiger partial charge in [-0.25, -0.2) is 0 Å². The average Bonchev–Trinajstić information content (AvgIpc) is 2.49. The van der Waals surface area contributed by atoms with Crippen LogP contribution in [0.5, 0.6) is 0 Å². The van der Waals surface area contributed by atoms with Gasteiger partial charge in [0.1, 0.15) is 0 Å². The van der Waals surface area contributed by atoms with E-state index >= 15 is 0 Å². The van der Waals surface area contributed by atoms with E-state index < -0.39 is 33.1 Å². The molecule has 0 atom stereocenters. The Morgan fingerprint density at radius 1 is 1.00 bits per heavy atom. The van der Waals surface area contributed by atoms with Crippen LogP contribution in [0.4, 0.5) is 11.4 Å². The fourth-order valence-corrected chi connectivity index (χ4v) is 1.82. The number of hydrogen-bond acceptors (Lipinski definition) is 6. The van der Waals surface area contributed by atoms with E-state index in [0.717, 1.165) is 18.2 Å². The Kier molecular flexibility index (Phi) is 6.59. The molecule has 1 rings (SSSR count). The summed E-state index contributed by atoms with van der Waals surface area (Å²) in [5, 5.41) is 32.4. The van der Waals surface area contributed by atoms with Gasteiger partial charge in [0, 0.05) is 25.1 Å². The smallest absolute Gasteiger partial charge is 0.303 e. The zero-order valence-corrected chi connectivity index (χ0v) is 12.1. The van der Waals surface area contributed by atoms with Gasteiger partial charge in [-0.2, -0.15) is 0 Å². The third-order valence-electron chi connectivity index (χ3n) is 2.94. The first-order chi connectivity index (χ1) is 10.8. The highest BCUT2D eigenvalue weighted by atomic mass is 16.6. The maximum atomic E-state index is 11.9. The van der Waals surface area contributed by atoms with Crippen molar-refractivity contribution in [3.05, 3.63) is 44.0 Å². The molecule has 1 aromatic rings. The molecule has 0 saturated heterocycles. The number of nitrogens with zero attached hydrogens (tertiary/aromatic N) is 2. The van der Waals surface area contributed by atoms with Gasteiger partial charge in [0.25, 0.3) is 17.3 Å². The summed E-state index contributed by atoms with van der Waals surface area (Å²) >= 11 is 0. The minimum absolute atomic E-state index is 0.0466. The van der Waals surface area contributed by atoms with Crippen molar-refractivity contribution in [2.75, 3.05) is 6.54 Å². The van der Waals surface area contributed by atoms with Gasteiger partial charge in [-0.1, -0.05) is 6.42 Å². The molecule has 2 N–H and O–H groups in total. The van der Waals surface area contributed by atoms with Crippen molar-refractivity contribution < 1.29 is 24.5 Å². The van der Waals surface area contributed by atoms with Crippen LogP contribution in [0.3, 0.4) is 0 Å². The summed E-state index contributed by atoms with van der Waals surface area (Å²) in [7, 11) is 0. The summed E-state index contributed by atoms with van der Waals surface area (Å²) in [5.74, 6) is -1.55. The van der Waals surface area contributed by atoms with Crippen molar-refractivity contribution >= 4 is 23.3 Å². The summed E-state index contributed by atoms with van der Waals surface area (Å²) in [6.07, 6.45) is 1.66. The molecule has 10 nitrogen and oxygen atoms in total. The van der Waals surface area contributed by atoms with Crippen LogP contribution in [0.1, 0.15) is 36.0 Å². The van der Waals surface area contributed by atoms with Crippen molar-refractivity contribution in [1.29, 1.82) is 0 Å². The van der Waals surface area contributed by atoms with E-state index in [1.54, 1.807) is 0 Å². The third kappa shape index (κ3) is 6.08. The second-order valence-corrected chi connectivity index (χ2v) is 4.71. The lowest BCUT2D eigenvalue weighted by Gasteiger charge is -2.05. The molecule has 0 aliphatic rings. The second-order valence-electron chi connectivity index (χ2n) is 4.71. The molecule has 0 aliphatic carbocycles. The lowest BCUT2D eigenvalue weighted by atomic mass is 10.1. The Labute approximate surface area is 130 Å². The van der Waals surface area contributed by atoms with Crippen molar-refractivity contribution in [1.82, 2.24) is 5.32 Å². The first-order valence-corrected chi connectivity index (χ1v) is 6.75. The normalized spacial score (nSPS) is 10.1. The quantitative estimate of drug-likeness (QED) is 0.399. The molecule has 0 radical (unpaired) electrons. The van der Waals surface area contributed by atoms with Crippen LogP contribution in [0.15, 0.2) is 18.2 Å². The lowest BCUT2D eigenvalue weighted by Crippen LogP contribution is -2.24. The predicted molar refractivity (Wildman–Crippen MR) is 78.2 cm³/mol. The Morgan fingerprint density at radius 3 is 2.04 bits per heavy atom. The number of carboxylic acid groups (broad SMARTS) is 1. The van der Waals surface area contributed by atoms with Gasteiger partial charge in [-0.15, -0.1) is 0 Å². The van der Waals surface area contributed by atoms with Crippen LogP contribution in [-0.2, 0) is 4.79 Å². The molecule has 0 aromatic heterocycles. The number of aliphatic carboxylic acids is 1. The fourth-order valence-electron chi connectivity index (χ4n) is 1.82. The molecule has 10 heteroatoms. The number of nitro groups is 2. The number of amides is 1. The number of carboxylic acids is 1. The number of rotatable bonds is 9. The molecule has 0 heterocycles. The van der Waals surface area contributed by atoms with Crippen molar-refractivity contribution in [2.45, 2.75) is 25.7 Å². The Morgan fingerprint density at radius 2 is 1.57 bits per heavy atom. The maximum absolute atomic E-state index is 11.9. The first kappa shape index (κ1) is 18.0. The Balaban J connectivity index is 2.63. The van der Waals surface area contributed by atoms with Crippen LogP contribution in [0.25, 0.3) is 0 Å². The number of hydrogen-bond donors (Lipinski definition) is 2. The molecule has 1 aromatic carbocycles. The predicted octanol–water partition coefficient (Wildman–Crippen LogP) is 1.88. The molecule has 0 spiro atoms. The molecule has 124 valence electrons. The number of benzene rings is 1. The first-order valence-electron chi connectivity index (χ1n) is 6.75. The van der Waals surface area contributed by atoms with E-state index in [9.17, 15) is 29.8 Å². The van der Waals surface area contributed by atoms with Gasteiger partial charge in [-0.3, -0.25) is 29.8 Å². The number of nitro benzene ring substituents is 2. The van der Waals surface area contributed by atoms with E-state index in [-0.39, 0.29) is 18.5 Å². The number of non-ortho nitro benzene ring substituents is 2.